The monoisotopic (exact) mass is 363 g/mol. The van der Waals surface area contributed by atoms with Gasteiger partial charge in [0.25, 0.3) is 5.91 Å². The van der Waals surface area contributed by atoms with Crippen molar-refractivity contribution in [2.45, 2.75) is 6.04 Å². The Morgan fingerprint density at radius 2 is 1.63 bits per heavy atom. The third-order valence-electron chi connectivity index (χ3n) is 3.90. The zero-order valence-electron chi connectivity index (χ0n) is 14.3. The van der Waals surface area contributed by atoms with E-state index in [1.807, 2.05) is 42.5 Å². The lowest BCUT2D eigenvalue weighted by molar-refractivity contribution is -0.385. The minimum absolute atomic E-state index is 0.0535. The van der Waals surface area contributed by atoms with Gasteiger partial charge in [-0.2, -0.15) is 0 Å². The maximum Gasteiger partial charge on any atom is 0.310 e. The van der Waals surface area contributed by atoms with E-state index < -0.39 is 4.92 Å². The number of nitrogens with one attached hydrogen (secondary N) is 1. The summed E-state index contributed by atoms with van der Waals surface area (Å²) >= 11 is 0. The van der Waals surface area contributed by atoms with Gasteiger partial charge in [0.05, 0.1) is 11.0 Å². The smallest absolute Gasteiger partial charge is 0.310 e. The van der Waals surface area contributed by atoms with Crippen LogP contribution in [0.3, 0.4) is 0 Å². The number of carbonyl (C=O) groups is 1. The molecule has 1 amide bonds. The molecule has 1 N–H and O–H groups in total. The fourth-order valence-corrected chi connectivity index (χ4v) is 2.64. The van der Waals surface area contributed by atoms with Crippen LogP contribution in [-0.4, -0.2) is 22.4 Å². The van der Waals surface area contributed by atoms with Crippen LogP contribution in [0.1, 0.15) is 17.2 Å². The van der Waals surface area contributed by atoms with Crippen molar-refractivity contribution < 1.29 is 14.5 Å². The number of rotatable bonds is 7. The van der Waals surface area contributed by atoms with E-state index in [0.29, 0.717) is 0 Å². The molecule has 0 radical (unpaired) electrons. The molecule has 3 rings (SSSR count). The first-order valence-electron chi connectivity index (χ1n) is 8.25. The lowest BCUT2D eigenvalue weighted by Crippen LogP contribution is -2.33. The number of benzene rings is 2. The second-order valence-corrected chi connectivity index (χ2v) is 5.71. The van der Waals surface area contributed by atoms with Gasteiger partial charge >= 0.3 is 5.69 Å². The Hall–Kier alpha value is -3.74. The van der Waals surface area contributed by atoms with Crippen LogP contribution in [0.25, 0.3) is 0 Å². The van der Waals surface area contributed by atoms with Crippen molar-refractivity contribution in [2.24, 2.45) is 0 Å². The largest absolute Gasteiger partial charge is 0.477 e. The number of aromatic nitrogens is 1. The highest BCUT2D eigenvalue weighted by Gasteiger charge is 2.19. The van der Waals surface area contributed by atoms with Crippen LogP contribution in [0.15, 0.2) is 79.1 Å². The molecular weight excluding hydrogens is 346 g/mol. The lowest BCUT2D eigenvalue weighted by Gasteiger charge is -2.19. The van der Waals surface area contributed by atoms with Crippen LogP contribution in [-0.2, 0) is 4.79 Å². The van der Waals surface area contributed by atoms with Crippen LogP contribution >= 0.6 is 0 Å². The predicted octanol–water partition coefficient (Wildman–Crippen LogP) is 3.27. The number of hydrogen-bond acceptors (Lipinski definition) is 5. The van der Waals surface area contributed by atoms with E-state index >= 15 is 0 Å². The zero-order valence-corrected chi connectivity index (χ0v) is 14.3. The number of nitro groups is 1. The summed E-state index contributed by atoms with van der Waals surface area (Å²) in [4.78, 5) is 26.9. The number of nitro benzene ring substituents is 1. The van der Waals surface area contributed by atoms with Gasteiger partial charge in [-0.3, -0.25) is 19.9 Å². The molecular formula is C20H17N3O4. The first-order chi connectivity index (χ1) is 13.1. The van der Waals surface area contributed by atoms with Gasteiger partial charge in [0.1, 0.15) is 0 Å². The average Bonchev–Trinajstić information content (AvgIpc) is 2.72. The van der Waals surface area contributed by atoms with Gasteiger partial charge in [0, 0.05) is 18.5 Å². The molecule has 3 aromatic rings. The molecule has 1 unspecified atom stereocenters. The Labute approximate surface area is 155 Å². The molecule has 0 fully saturated rings. The SMILES string of the molecule is O=C(COc1ccccc1[N+](=O)[O-])NC(c1ccccc1)c1ccncc1. The summed E-state index contributed by atoms with van der Waals surface area (Å²) < 4.78 is 5.37. The number of nitrogens with zero attached hydrogens (tertiary/aromatic N) is 2. The summed E-state index contributed by atoms with van der Waals surface area (Å²) in [5.74, 6) is -0.336. The summed E-state index contributed by atoms with van der Waals surface area (Å²) in [6.45, 7) is -0.334. The Morgan fingerprint density at radius 3 is 2.33 bits per heavy atom. The third kappa shape index (κ3) is 4.66. The summed E-state index contributed by atoms with van der Waals surface area (Å²) in [7, 11) is 0. The maximum absolute atomic E-state index is 12.4. The quantitative estimate of drug-likeness (QED) is 0.513. The number of carbonyl (C=O) groups excluding carboxylic acids is 1. The van der Waals surface area contributed by atoms with Crippen LogP contribution < -0.4 is 10.1 Å². The molecule has 0 aliphatic heterocycles. The fourth-order valence-electron chi connectivity index (χ4n) is 2.64. The highest BCUT2D eigenvalue weighted by Crippen LogP contribution is 2.26. The summed E-state index contributed by atoms with van der Waals surface area (Å²) in [5, 5.41) is 13.9. The predicted molar refractivity (Wildman–Crippen MR) is 99.3 cm³/mol. The van der Waals surface area contributed by atoms with E-state index in [2.05, 4.69) is 10.3 Å². The van der Waals surface area contributed by atoms with Gasteiger partial charge in [-0.25, -0.2) is 0 Å². The van der Waals surface area contributed by atoms with Crippen LogP contribution in [0.2, 0.25) is 0 Å². The van der Waals surface area contributed by atoms with Crippen molar-refractivity contribution in [1.29, 1.82) is 0 Å². The summed E-state index contributed by atoms with van der Waals surface area (Å²) in [6, 6.07) is 18.7. The lowest BCUT2D eigenvalue weighted by atomic mass is 10.00. The van der Waals surface area contributed by atoms with Crippen LogP contribution in [0, 0.1) is 10.1 Å². The normalized spacial score (nSPS) is 11.4. The fraction of sp³-hybridized carbons (Fsp3) is 0.100. The highest BCUT2D eigenvalue weighted by atomic mass is 16.6. The van der Waals surface area contributed by atoms with E-state index in [1.54, 1.807) is 24.5 Å². The molecule has 0 saturated heterocycles. The van der Waals surface area contributed by atoms with E-state index in [0.717, 1.165) is 11.1 Å². The molecule has 136 valence electrons. The Morgan fingerprint density at radius 1 is 1.00 bits per heavy atom. The van der Waals surface area contributed by atoms with Crippen molar-refractivity contribution in [3.05, 3.63) is 100 Å². The van der Waals surface area contributed by atoms with Gasteiger partial charge in [-0.1, -0.05) is 42.5 Å². The van der Waals surface area contributed by atoms with Crippen molar-refractivity contribution in [3.63, 3.8) is 0 Å². The molecule has 0 spiro atoms. The van der Waals surface area contributed by atoms with Crippen molar-refractivity contribution in [2.75, 3.05) is 6.61 Å². The number of pyridine rings is 1. The van der Waals surface area contributed by atoms with E-state index in [1.165, 1.54) is 12.1 Å². The Bertz CT molecular complexity index is 877. The van der Waals surface area contributed by atoms with Gasteiger partial charge in [-0.15, -0.1) is 0 Å². The van der Waals surface area contributed by atoms with Gasteiger partial charge in [0.15, 0.2) is 12.4 Å². The molecule has 0 aliphatic carbocycles. The van der Waals surface area contributed by atoms with Crippen molar-refractivity contribution in [3.8, 4) is 5.75 Å². The van der Waals surface area contributed by atoms with E-state index in [9.17, 15) is 14.9 Å². The minimum atomic E-state index is -0.545. The Balaban J connectivity index is 1.73. The molecule has 0 bridgehead atoms. The van der Waals surface area contributed by atoms with Crippen molar-refractivity contribution in [1.82, 2.24) is 10.3 Å². The van der Waals surface area contributed by atoms with Gasteiger partial charge < -0.3 is 10.1 Å². The maximum atomic E-state index is 12.4. The molecule has 7 heteroatoms. The molecule has 0 aliphatic rings. The zero-order chi connectivity index (χ0) is 19.1. The molecule has 7 nitrogen and oxygen atoms in total. The molecule has 1 atom stereocenters. The highest BCUT2D eigenvalue weighted by molar-refractivity contribution is 5.78. The standard InChI is InChI=1S/C20H17N3O4/c24-19(14-27-18-9-5-4-8-17(18)23(25)26)22-20(15-6-2-1-3-7-15)16-10-12-21-13-11-16/h1-13,20H,14H2,(H,22,24). The second-order valence-electron chi connectivity index (χ2n) is 5.71. The van der Waals surface area contributed by atoms with Crippen molar-refractivity contribution >= 4 is 11.6 Å². The average molecular weight is 363 g/mol. The van der Waals surface area contributed by atoms with Crippen LogP contribution in [0.4, 0.5) is 5.69 Å². The summed E-state index contributed by atoms with van der Waals surface area (Å²) in [5.41, 5.74) is 1.59. The number of ether oxygens (including phenoxy) is 1. The first kappa shape index (κ1) is 18.1. The molecule has 27 heavy (non-hydrogen) atoms. The molecule has 1 heterocycles. The minimum Gasteiger partial charge on any atom is -0.477 e. The molecule has 1 aromatic heterocycles. The van der Waals surface area contributed by atoms with Gasteiger partial charge in [-0.05, 0) is 29.3 Å². The molecule has 0 saturated carbocycles. The third-order valence-corrected chi connectivity index (χ3v) is 3.90. The second kappa shape index (κ2) is 8.57. The summed E-state index contributed by atoms with van der Waals surface area (Å²) in [6.07, 6.45) is 3.31. The first-order valence-corrected chi connectivity index (χ1v) is 8.25. The topological polar surface area (TPSA) is 94.4 Å². The number of hydrogen-bond donors (Lipinski definition) is 1. The van der Waals surface area contributed by atoms with Crippen LogP contribution in [0.5, 0.6) is 5.75 Å². The molecule has 2 aromatic carbocycles. The van der Waals surface area contributed by atoms with E-state index in [4.69, 9.17) is 4.74 Å². The van der Waals surface area contributed by atoms with E-state index in [-0.39, 0.29) is 30.0 Å². The number of amides is 1. The number of para-hydroxylation sites is 2. The van der Waals surface area contributed by atoms with Gasteiger partial charge in [0.2, 0.25) is 0 Å². The Kier molecular flexibility index (Phi) is 5.73.